The van der Waals surface area contributed by atoms with Gasteiger partial charge >= 0.3 is 0 Å². The van der Waals surface area contributed by atoms with Crippen LogP contribution in [-0.2, 0) is 4.79 Å². The van der Waals surface area contributed by atoms with E-state index in [1.807, 2.05) is 37.3 Å². The van der Waals surface area contributed by atoms with Crippen LogP contribution in [0.5, 0.6) is 5.75 Å². The number of halogens is 1. The lowest BCUT2D eigenvalue weighted by Crippen LogP contribution is -2.24. The molecule has 0 atom stereocenters. The molecule has 2 aromatic carbocycles. The van der Waals surface area contributed by atoms with E-state index < -0.39 is 0 Å². The molecule has 2 N–H and O–H groups in total. The van der Waals surface area contributed by atoms with Gasteiger partial charge in [0.25, 0.3) is 11.8 Å². The highest BCUT2D eigenvalue weighted by molar-refractivity contribution is 6.34. The summed E-state index contributed by atoms with van der Waals surface area (Å²) in [4.78, 5) is 24.5. The van der Waals surface area contributed by atoms with Crippen molar-refractivity contribution < 1.29 is 14.3 Å². The summed E-state index contributed by atoms with van der Waals surface area (Å²) in [6.45, 7) is 2.76. The number of benzene rings is 2. The SMILES string of the molecule is CCCNC(=O)c1ccc(NC(=O)C2=Cc3ccccc3OC2)cc1Cl. The van der Waals surface area contributed by atoms with Crippen molar-refractivity contribution in [2.75, 3.05) is 18.5 Å². The fourth-order valence-corrected chi connectivity index (χ4v) is 2.84. The zero-order valence-electron chi connectivity index (χ0n) is 14.3. The Balaban J connectivity index is 1.71. The Labute approximate surface area is 157 Å². The lowest BCUT2D eigenvalue weighted by Gasteiger charge is -2.17. The van der Waals surface area contributed by atoms with Gasteiger partial charge in [0.05, 0.1) is 16.2 Å². The second-order valence-electron chi connectivity index (χ2n) is 5.90. The van der Waals surface area contributed by atoms with Crippen LogP contribution in [0.15, 0.2) is 48.0 Å². The van der Waals surface area contributed by atoms with Gasteiger partial charge in [0.1, 0.15) is 12.4 Å². The first kappa shape index (κ1) is 18.0. The van der Waals surface area contributed by atoms with Gasteiger partial charge in [-0.2, -0.15) is 0 Å². The summed E-state index contributed by atoms with van der Waals surface area (Å²) in [6.07, 6.45) is 2.65. The van der Waals surface area contributed by atoms with Crippen molar-refractivity contribution in [1.29, 1.82) is 0 Å². The summed E-state index contributed by atoms with van der Waals surface area (Å²) in [7, 11) is 0. The summed E-state index contributed by atoms with van der Waals surface area (Å²) in [5.41, 5.74) is 2.29. The topological polar surface area (TPSA) is 67.4 Å². The predicted octanol–water partition coefficient (Wildman–Crippen LogP) is 3.89. The molecule has 26 heavy (non-hydrogen) atoms. The Hall–Kier alpha value is -2.79. The van der Waals surface area contributed by atoms with Gasteiger partial charge < -0.3 is 15.4 Å². The smallest absolute Gasteiger partial charge is 0.255 e. The Morgan fingerprint density at radius 1 is 1.15 bits per heavy atom. The van der Waals surface area contributed by atoms with Crippen LogP contribution in [0.2, 0.25) is 5.02 Å². The molecule has 0 bridgehead atoms. The molecule has 134 valence electrons. The van der Waals surface area contributed by atoms with Crippen LogP contribution >= 0.6 is 11.6 Å². The molecular weight excluding hydrogens is 352 g/mol. The fourth-order valence-electron chi connectivity index (χ4n) is 2.57. The summed E-state index contributed by atoms with van der Waals surface area (Å²) >= 11 is 6.19. The molecule has 2 amide bonds. The Bertz CT molecular complexity index is 877. The molecule has 2 aromatic rings. The Morgan fingerprint density at radius 2 is 1.96 bits per heavy atom. The summed E-state index contributed by atoms with van der Waals surface area (Å²) in [6, 6.07) is 12.4. The van der Waals surface area contributed by atoms with Gasteiger partial charge in [-0.1, -0.05) is 36.7 Å². The number of nitrogens with one attached hydrogen (secondary N) is 2. The van der Waals surface area contributed by atoms with Crippen molar-refractivity contribution in [3.05, 3.63) is 64.2 Å². The van der Waals surface area contributed by atoms with E-state index in [0.717, 1.165) is 17.7 Å². The van der Waals surface area contributed by atoms with Gasteiger partial charge in [0.2, 0.25) is 0 Å². The maximum atomic E-state index is 12.5. The monoisotopic (exact) mass is 370 g/mol. The quantitative estimate of drug-likeness (QED) is 0.838. The molecule has 0 spiro atoms. The van der Waals surface area contributed by atoms with E-state index in [-0.39, 0.29) is 23.4 Å². The average molecular weight is 371 g/mol. The second kappa shape index (κ2) is 8.06. The van der Waals surface area contributed by atoms with Crippen molar-refractivity contribution >= 4 is 35.2 Å². The number of fused-ring (bicyclic) bond motifs is 1. The van der Waals surface area contributed by atoms with E-state index in [4.69, 9.17) is 16.3 Å². The van der Waals surface area contributed by atoms with Gasteiger partial charge in [-0.15, -0.1) is 0 Å². The van der Waals surface area contributed by atoms with Gasteiger partial charge in [-0.25, -0.2) is 0 Å². The third-order valence-electron chi connectivity index (χ3n) is 3.93. The van der Waals surface area contributed by atoms with Gasteiger partial charge in [0, 0.05) is 17.8 Å². The second-order valence-corrected chi connectivity index (χ2v) is 6.31. The summed E-state index contributed by atoms with van der Waals surface area (Å²) in [5.74, 6) is 0.267. The predicted molar refractivity (Wildman–Crippen MR) is 103 cm³/mol. The van der Waals surface area contributed by atoms with Crippen molar-refractivity contribution in [3.8, 4) is 5.75 Å². The van der Waals surface area contributed by atoms with Crippen molar-refractivity contribution in [1.82, 2.24) is 5.32 Å². The molecule has 0 fully saturated rings. The van der Waals surface area contributed by atoms with Crippen molar-refractivity contribution in [3.63, 3.8) is 0 Å². The van der Waals surface area contributed by atoms with Crippen LogP contribution in [0.3, 0.4) is 0 Å². The van der Waals surface area contributed by atoms with Crippen LogP contribution in [-0.4, -0.2) is 25.0 Å². The van der Waals surface area contributed by atoms with Gasteiger partial charge in [0.15, 0.2) is 0 Å². The first-order valence-corrected chi connectivity index (χ1v) is 8.77. The number of amides is 2. The molecule has 0 aromatic heterocycles. The van der Waals surface area contributed by atoms with Crippen LogP contribution in [0.25, 0.3) is 6.08 Å². The largest absolute Gasteiger partial charge is 0.488 e. The highest BCUT2D eigenvalue weighted by atomic mass is 35.5. The molecule has 0 saturated heterocycles. The highest BCUT2D eigenvalue weighted by Crippen LogP contribution is 2.27. The number of carbonyl (C=O) groups excluding carboxylic acids is 2. The number of hydrogen-bond donors (Lipinski definition) is 2. The summed E-state index contributed by atoms with van der Waals surface area (Å²) < 4.78 is 5.60. The lowest BCUT2D eigenvalue weighted by molar-refractivity contribution is -0.113. The number of carbonyl (C=O) groups is 2. The van der Waals surface area contributed by atoms with Crippen LogP contribution in [0.4, 0.5) is 5.69 Å². The maximum absolute atomic E-state index is 12.5. The molecule has 0 aliphatic carbocycles. The van der Waals surface area contributed by atoms with E-state index in [0.29, 0.717) is 23.4 Å². The molecule has 1 aliphatic rings. The van der Waals surface area contributed by atoms with E-state index in [9.17, 15) is 9.59 Å². The van der Waals surface area contributed by atoms with E-state index in [2.05, 4.69) is 10.6 Å². The van der Waals surface area contributed by atoms with Crippen LogP contribution in [0.1, 0.15) is 29.3 Å². The first-order chi connectivity index (χ1) is 12.6. The molecule has 1 aliphatic heterocycles. The zero-order chi connectivity index (χ0) is 18.5. The normalized spacial score (nSPS) is 12.5. The summed E-state index contributed by atoms with van der Waals surface area (Å²) in [5, 5.41) is 5.85. The van der Waals surface area contributed by atoms with E-state index >= 15 is 0 Å². The Kier molecular flexibility index (Phi) is 5.58. The number of ether oxygens (including phenoxy) is 1. The van der Waals surface area contributed by atoms with Crippen LogP contribution in [0, 0.1) is 0 Å². The minimum absolute atomic E-state index is 0.202. The molecule has 1 heterocycles. The van der Waals surface area contributed by atoms with Crippen molar-refractivity contribution in [2.24, 2.45) is 0 Å². The van der Waals surface area contributed by atoms with E-state index in [1.165, 1.54) is 0 Å². The molecule has 5 nitrogen and oxygen atoms in total. The lowest BCUT2D eigenvalue weighted by atomic mass is 10.1. The third-order valence-corrected chi connectivity index (χ3v) is 4.24. The molecule has 6 heteroatoms. The molecule has 0 saturated carbocycles. The molecule has 0 unspecified atom stereocenters. The number of para-hydroxylation sites is 1. The number of rotatable bonds is 5. The van der Waals surface area contributed by atoms with E-state index in [1.54, 1.807) is 18.2 Å². The maximum Gasteiger partial charge on any atom is 0.255 e. The third kappa shape index (κ3) is 4.06. The first-order valence-electron chi connectivity index (χ1n) is 8.40. The van der Waals surface area contributed by atoms with Gasteiger partial charge in [-0.3, -0.25) is 9.59 Å². The average Bonchev–Trinajstić information content (AvgIpc) is 2.65. The number of hydrogen-bond acceptors (Lipinski definition) is 3. The fraction of sp³-hybridized carbons (Fsp3) is 0.200. The minimum Gasteiger partial charge on any atom is -0.488 e. The standard InChI is InChI=1S/C20H19ClN2O3/c1-2-9-22-20(25)16-8-7-15(11-17(16)21)23-19(24)14-10-13-5-3-4-6-18(13)26-12-14/h3-8,10-11H,2,9,12H2,1H3,(H,22,25)(H,23,24). The van der Waals surface area contributed by atoms with Gasteiger partial charge in [-0.05, 0) is 36.8 Å². The van der Waals surface area contributed by atoms with Crippen molar-refractivity contribution in [2.45, 2.75) is 13.3 Å². The van der Waals surface area contributed by atoms with Crippen LogP contribution < -0.4 is 15.4 Å². The minimum atomic E-state index is -0.265. The molecule has 0 radical (unpaired) electrons. The number of anilines is 1. The zero-order valence-corrected chi connectivity index (χ0v) is 15.1. The molecule has 3 rings (SSSR count). The Morgan fingerprint density at radius 3 is 2.73 bits per heavy atom. The highest BCUT2D eigenvalue weighted by Gasteiger charge is 2.18. The molecular formula is C20H19ClN2O3.